The molecule has 0 aliphatic carbocycles. The molecule has 1 heterocycles. The van der Waals surface area contributed by atoms with Crippen LogP contribution >= 0.6 is 0 Å². The molecule has 1 aliphatic rings. The highest BCUT2D eigenvalue weighted by Gasteiger charge is 2.58. The first kappa shape index (κ1) is 13.7. The van der Waals surface area contributed by atoms with Crippen molar-refractivity contribution in [1.82, 2.24) is 0 Å². The minimum Gasteiger partial charge on any atom is -0.355 e. The van der Waals surface area contributed by atoms with Crippen LogP contribution in [-0.2, 0) is 4.74 Å². The highest BCUT2D eigenvalue weighted by Crippen LogP contribution is 2.42. The third kappa shape index (κ3) is 2.86. The Labute approximate surface area is 94.1 Å². The molecule has 0 radical (unpaired) electrons. The van der Waals surface area contributed by atoms with Gasteiger partial charge in [0.25, 0.3) is 5.79 Å². The van der Waals surface area contributed by atoms with Gasteiger partial charge in [0.2, 0.25) is 0 Å². The number of hydrogen-bond acceptors (Lipinski definition) is 2. The number of rotatable bonds is 1. The lowest BCUT2D eigenvalue weighted by molar-refractivity contribution is -0.352. The van der Waals surface area contributed by atoms with Gasteiger partial charge < -0.3 is 9.84 Å². The van der Waals surface area contributed by atoms with E-state index in [-0.39, 0.29) is 18.6 Å². The number of halogens is 3. The summed E-state index contributed by atoms with van der Waals surface area (Å²) < 4.78 is 42.8. The molecule has 1 rings (SSSR count). The number of alkyl halides is 3. The lowest BCUT2D eigenvalue weighted by Crippen LogP contribution is -2.52. The summed E-state index contributed by atoms with van der Waals surface area (Å²) in [6, 6.07) is 0. The van der Waals surface area contributed by atoms with E-state index in [4.69, 9.17) is 0 Å². The maximum absolute atomic E-state index is 12.8. The van der Waals surface area contributed by atoms with Gasteiger partial charge in [-0.15, -0.1) is 0 Å². The fourth-order valence-corrected chi connectivity index (χ4v) is 3.09. The largest absolute Gasteiger partial charge is 0.447 e. The summed E-state index contributed by atoms with van der Waals surface area (Å²) in [5.41, 5.74) is 1.56. The van der Waals surface area contributed by atoms with Gasteiger partial charge in [-0.05, 0) is 18.4 Å². The topological polar surface area (TPSA) is 29.5 Å². The zero-order chi connectivity index (χ0) is 12.6. The Hall–Kier alpha value is -0.333. The summed E-state index contributed by atoms with van der Waals surface area (Å²) in [6.07, 6.45) is -3.99. The molecule has 1 N–H and O–H groups in total. The van der Waals surface area contributed by atoms with Crippen molar-refractivity contribution < 1.29 is 23.0 Å². The fourth-order valence-electron chi connectivity index (χ4n) is 1.70. The molecule has 0 amide bonds. The second-order valence-electron chi connectivity index (χ2n) is 5.13. The van der Waals surface area contributed by atoms with E-state index in [2.05, 4.69) is 4.74 Å². The average molecular weight is 254 g/mol. The van der Waals surface area contributed by atoms with E-state index in [1.54, 1.807) is 5.70 Å². The molecule has 0 aromatic rings. The first-order valence-electron chi connectivity index (χ1n) is 5.21. The zero-order valence-electron chi connectivity index (χ0n) is 9.69. The van der Waals surface area contributed by atoms with E-state index in [1.807, 2.05) is 19.6 Å². The van der Waals surface area contributed by atoms with Crippen LogP contribution < -0.4 is 0 Å². The molecule has 0 aromatic heterocycles. The normalized spacial score (nSPS) is 30.8. The maximum Gasteiger partial charge on any atom is 0.447 e. The molecular formula is C10H17F3O2Si. The Morgan fingerprint density at radius 1 is 1.38 bits per heavy atom. The summed E-state index contributed by atoms with van der Waals surface area (Å²) in [6.45, 7) is 5.71. The van der Waals surface area contributed by atoms with Gasteiger partial charge in [-0.1, -0.05) is 25.3 Å². The molecule has 0 spiro atoms. The van der Waals surface area contributed by atoms with Crippen LogP contribution in [-0.4, -0.2) is 31.8 Å². The summed E-state index contributed by atoms with van der Waals surface area (Å²) in [4.78, 5) is 0. The van der Waals surface area contributed by atoms with Crippen LogP contribution in [0.1, 0.15) is 12.8 Å². The van der Waals surface area contributed by atoms with Gasteiger partial charge in [-0.2, -0.15) is 13.2 Å². The van der Waals surface area contributed by atoms with Crippen LogP contribution in [0.3, 0.4) is 0 Å². The van der Waals surface area contributed by atoms with Crippen LogP contribution in [0.15, 0.2) is 11.3 Å². The molecule has 94 valence electrons. The van der Waals surface area contributed by atoms with Crippen molar-refractivity contribution in [2.75, 3.05) is 6.61 Å². The zero-order valence-corrected chi connectivity index (χ0v) is 10.7. The monoisotopic (exact) mass is 254 g/mol. The molecule has 1 fully saturated rings. The van der Waals surface area contributed by atoms with Crippen LogP contribution in [0.4, 0.5) is 13.2 Å². The molecule has 0 saturated carbocycles. The summed E-state index contributed by atoms with van der Waals surface area (Å²) >= 11 is 0. The summed E-state index contributed by atoms with van der Waals surface area (Å²) in [7, 11) is -1.81. The second-order valence-corrected chi connectivity index (χ2v) is 10.2. The van der Waals surface area contributed by atoms with Crippen LogP contribution in [0.25, 0.3) is 0 Å². The predicted molar refractivity (Wildman–Crippen MR) is 57.6 cm³/mol. The van der Waals surface area contributed by atoms with Crippen molar-refractivity contribution in [2.24, 2.45) is 0 Å². The SMILES string of the molecule is C[Si](C)(C)/C=C1\CCCOC1(O)C(F)(F)F. The van der Waals surface area contributed by atoms with Crippen molar-refractivity contribution in [3.05, 3.63) is 11.3 Å². The Morgan fingerprint density at radius 3 is 2.38 bits per heavy atom. The van der Waals surface area contributed by atoms with E-state index in [0.29, 0.717) is 6.42 Å². The van der Waals surface area contributed by atoms with Crippen molar-refractivity contribution in [2.45, 2.75) is 44.4 Å². The molecule has 6 heteroatoms. The Bertz CT molecular complexity index is 293. The van der Waals surface area contributed by atoms with E-state index >= 15 is 0 Å². The number of ether oxygens (including phenoxy) is 1. The Morgan fingerprint density at radius 2 is 1.94 bits per heavy atom. The van der Waals surface area contributed by atoms with Gasteiger partial charge >= 0.3 is 6.18 Å². The third-order valence-electron chi connectivity index (χ3n) is 2.33. The van der Waals surface area contributed by atoms with Gasteiger partial charge in [-0.3, -0.25) is 0 Å². The minimum atomic E-state index is -4.76. The van der Waals surface area contributed by atoms with E-state index < -0.39 is 20.0 Å². The predicted octanol–water partition coefficient (Wildman–Crippen LogP) is 2.85. The van der Waals surface area contributed by atoms with E-state index in [0.717, 1.165) is 0 Å². The lowest BCUT2D eigenvalue weighted by atomic mass is 9.99. The van der Waals surface area contributed by atoms with E-state index in [9.17, 15) is 18.3 Å². The van der Waals surface area contributed by atoms with Crippen molar-refractivity contribution in [3.63, 3.8) is 0 Å². The summed E-state index contributed by atoms with van der Waals surface area (Å²) in [5.74, 6) is -3.06. The number of hydrogen-bond donors (Lipinski definition) is 1. The van der Waals surface area contributed by atoms with Gasteiger partial charge in [-0.25, -0.2) is 0 Å². The van der Waals surface area contributed by atoms with E-state index in [1.165, 1.54) is 0 Å². The first-order valence-corrected chi connectivity index (χ1v) is 8.79. The molecule has 1 unspecified atom stereocenters. The molecule has 1 saturated heterocycles. The molecule has 0 aromatic carbocycles. The first-order chi connectivity index (χ1) is 7.06. The van der Waals surface area contributed by atoms with Crippen LogP contribution in [0.2, 0.25) is 19.6 Å². The fraction of sp³-hybridized carbons (Fsp3) is 0.800. The molecule has 1 aliphatic heterocycles. The van der Waals surface area contributed by atoms with Crippen LogP contribution in [0, 0.1) is 0 Å². The standard InChI is InChI=1S/C10H17F3O2Si/c1-16(2,3)7-8-5-4-6-15-9(8,14)10(11,12)13/h7,14H,4-6H2,1-3H3/b8-7+. The molecule has 16 heavy (non-hydrogen) atoms. The quantitative estimate of drug-likeness (QED) is 0.729. The minimum absolute atomic E-state index is 0.0228. The van der Waals surface area contributed by atoms with Gasteiger partial charge in [0.15, 0.2) is 0 Å². The molecular weight excluding hydrogens is 237 g/mol. The lowest BCUT2D eigenvalue weighted by Gasteiger charge is -2.37. The molecule has 0 bridgehead atoms. The highest BCUT2D eigenvalue weighted by atomic mass is 28.3. The van der Waals surface area contributed by atoms with Gasteiger partial charge in [0.05, 0.1) is 14.7 Å². The van der Waals surface area contributed by atoms with Crippen molar-refractivity contribution in [3.8, 4) is 0 Å². The Kier molecular flexibility index (Phi) is 3.57. The van der Waals surface area contributed by atoms with Crippen molar-refractivity contribution >= 4 is 8.07 Å². The highest BCUT2D eigenvalue weighted by molar-refractivity contribution is 6.81. The van der Waals surface area contributed by atoms with Crippen LogP contribution in [0.5, 0.6) is 0 Å². The molecule has 2 nitrogen and oxygen atoms in total. The number of aliphatic hydroxyl groups is 1. The average Bonchev–Trinajstić information content (AvgIpc) is 2.04. The second kappa shape index (κ2) is 4.16. The summed E-state index contributed by atoms with van der Waals surface area (Å²) in [5, 5.41) is 9.64. The van der Waals surface area contributed by atoms with Crippen molar-refractivity contribution in [1.29, 1.82) is 0 Å². The van der Waals surface area contributed by atoms with Gasteiger partial charge in [0.1, 0.15) is 0 Å². The maximum atomic E-state index is 12.8. The molecule has 1 atom stereocenters. The van der Waals surface area contributed by atoms with Gasteiger partial charge in [0, 0.05) is 0 Å². The smallest absolute Gasteiger partial charge is 0.355 e. The third-order valence-corrected chi connectivity index (χ3v) is 3.54. The Balaban J connectivity index is 3.10.